The van der Waals surface area contributed by atoms with Crippen LogP contribution in [0.4, 0.5) is 11.4 Å². The van der Waals surface area contributed by atoms with E-state index >= 15 is 0 Å². The summed E-state index contributed by atoms with van der Waals surface area (Å²) < 4.78 is 0. The van der Waals surface area contributed by atoms with Crippen LogP contribution in [0.5, 0.6) is 0 Å². The van der Waals surface area contributed by atoms with Crippen molar-refractivity contribution >= 4 is 29.1 Å². The molecule has 7 heteroatoms. The average molecular weight is 406 g/mol. The summed E-state index contributed by atoms with van der Waals surface area (Å²) in [4.78, 5) is 45.4. The van der Waals surface area contributed by atoms with E-state index in [1.807, 2.05) is 36.1 Å². The molecule has 0 saturated carbocycles. The van der Waals surface area contributed by atoms with Gasteiger partial charge in [0.15, 0.2) is 0 Å². The Morgan fingerprint density at radius 2 is 1.80 bits per heavy atom. The minimum Gasteiger partial charge on any atom is -0.342 e. The standard InChI is InChI=1S/C23H26N4O3/c1-16-4-6-20(7-5-16)27-15-18(13-21(27)28)23(30)26-11-8-17(9-12-26)22(29)25-19-3-2-10-24-14-19/h2-7,10,14,17-18H,8-9,11-13,15H2,1H3,(H,25,29)/t18-/m1/s1. The molecule has 4 rings (SSSR count). The predicted molar refractivity (Wildman–Crippen MR) is 114 cm³/mol. The number of likely N-dealkylation sites (tertiary alicyclic amines) is 1. The SMILES string of the molecule is Cc1ccc(N2C[C@H](C(=O)N3CCC(C(=O)Nc4cccnc4)CC3)CC2=O)cc1. The quantitative estimate of drug-likeness (QED) is 0.846. The van der Waals surface area contributed by atoms with Gasteiger partial charge in [0.05, 0.1) is 17.8 Å². The maximum Gasteiger partial charge on any atom is 0.228 e. The maximum atomic E-state index is 13.0. The zero-order valence-corrected chi connectivity index (χ0v) is 17.1. The fraction of sp³-hybridized carbons (Fsp3) is 0.391. The van der Waals surface area contributed by atoms with Gasteiger partial charge in [-0.3, -0.25) is 19.4 Å². The molecule has 2 aromatic rings. The number of aryl methyl sites for hydroxylation is 1. The van der Waals surface area contributed by atoms with Gasteiger partial charge in [-0.05, 0) is 44.0 Å². The summed E-state index contributed by atoms with van der Waals surface area (Å²) in [5.41, 5.74) is 2.65. The van der Waals surface area contributed by atoms with Crippen LogP contribution < -0.4 is 10.2 Å². The third kappa shape index (κ3) is 4.35. The van der Waals surface area contributed by atoms with Gasteiger partial charge in [-0.1, -0.05) is 17.7 Å². The van der Waals surface area contributed by atoms with Gasteiger partial charge in [0.25, 0.3) is 0 Å². The van der Waals surface area contributed by atoms with E-state index in [0.717, 1.165) is 11.3 Å². The van der Waals surface area contributed by atoms with Crippen LogP contribution in [0.3, 0.4) is 0 Å². The molecule has 3 heterocycles. The van der Waals surface area contributed by atoms with E-state index in [2.05, 4.69) is 10.3 Å². The number of hydrogen-bond acceptors (Lipinski definition) is 4. The molecular formula is C23H26N4O3. The van der Waals surface area contributed by atoms with Crippen molar-refractivity contribution in [3.63, 3.8) is 0 Å². The Bertz CT molecular complexity index is 921. The van der Waals surface area contributed by atoms with Crippen molar-refractivity contribution in [1.29, 1.82) is 0 Å². The summed E-state index contributed by atoms with van der Waals surface area (Å²) >= 11 is 0. The molecule has 2 aliphatic heterocycles. The van der Waals surface area contributed by atoms with Gasteiger partial charge in [-0.25, -0.2) is 0 Å². The molecule has 1 aromatic carbocycles. The molecule has 1 N–H and O–H groups in total. The smallest absolute Gasteiger partial charge is 0.228 e. The number of benzene rings is 1. The predicted octanol–water partition coefficient (Wildman–Crippen LogP) is 2.62. The van der Waals surface area contributed by atoms with Gasteiger partial charge in [0, 0.05) is 43.9 Å². The van der Waals surface area contributed by atoms with Gasteiger partial charge >= 0.3 is 0 Å². The number of nitrogens with zero attached hydrogens (tertiary/aromatic N) is 3. The second-order valence-corrected chi connectivity index (χ2v) is 8.07. The zero-order valence-electron chi connectivity index (χ0n) is 17.1. The molecule has 0 bridgehead atoms. The van der Waals surface area contributed by atoms with E-state index in [0.29, 0.717) is 38.2 Å². The fourth-order valence-electron chi connectivity index (χ4n) is 4.15. The molecule has 0 aliphatic carbocycles. The molecule has 2 saturated heterocycles. The average Bonchev–Trinajstić information content (AvgIpc) is 3.16. The highest BCUT2D eigenvalue weighted by atomic mass is 16.2. The lowest BCUT2D eigenvalue weighted by Gasteiger charge is -2.32. The molecule has 1 atom stereocenters. The molecule has 3 amide bonds. The van der Waals surface area contributed by atoms with Crippen molar-refractivity contribution < 1.29 is 14.4 Å². The first-order chi connectivity index (χ1) is 14.5. The highest BCUT2D eigenvalue weighted by Gasteiger charge is 2.38. The normalized spacial score (nSPS) is 19.8. The maximum absolute atomic E-state index is 13.0. The first-order valence-electron chi connectivity index (χ1n) is 10.4. The van der Waals surface area contributed by atoms with Crippen LogP contribution in [0, 0.1) is 18.8 Å². The van der Waals surface area contributed by atoms with Crippen molar-refractivity contribution in [2.75, 3.05) is 29.9 Å². The number of carbonyl (C=O) groups is 3. The lowest BCUT2D eigenvalue weighted by atomic mass is 9.94. The Kier molecular flexibility index (Phi) is 5.79. The van der Waals surface area contributed by atoms with Crippen molar-refractivity contribution in [2.45, 2.75) is 26.2 Å². The molecule has 0 unspecified atom stereocenters. The molecule has 0 spiro atoms. The van der Waals surface area contributed by atoms with E-state index in [4.69, 9.17) is 0 Å². The number of nitrogens with one attached hydrogen (secondary N) is 1. The molecule has 2 fully saturated rings. The Labute approximate surface area is 176 Å². The van der Waals surface area contributed by atoms with Crippen LogP contribution in [0.2, 0.25) is 0 Å². The van der Waals surface area contributed by atoms with Crippen LogP contribution in [-0.4, -0.2) is 47.2 Å². The molecule has 7 nitrogen and oxygen atoms in total. The lowest BCUT2D eigenvalue weighted by Crippen LogP contribution is -2.44. The lowest BCUT2D eigenvalue weighted by molar-refractivity contribution is -0.138. The van der Waals surface area contributed by atoms with Gasteiger partial charge in [0.1, 0.15) is 0 Å². The topological polar surface area (TPSA) is 82.6 Å². The largest absolute Gasteiger partial charge is 0.342 e. The first-order valence-corrected chi connectivity index (χ1v) is 10.4. The van der Waals surface area contributed by atoms with E-state index < -0.39 is 0 Å². The molecule has 0 radical (unpaired) electrons. The first kappa shape index (κ1) is 20.1. The second kappa shape index (κ2) is 8.65. The van der Waals surface area contributed by atoms with Crippen LogP contribution in [0.15, 0.2) is 48.8 Å². The highest BCUT2D eigenvalue weighted by molar-refractivity contribution is 6.00. The minimum atomic E-state index is -0.320. The minimum absolute atomic E-state index is 0.0112. The number of piperidine rings is 1. The van der Waals surface area contributed by atoms with E-state index in [-0.39, 0.29) is 36.0 Å². The van der Waals surface area contributed by atoms with Gasteiger partial charge in [0.2, 0.25) is 17.7 Å². The van der Waals surface area contributed by atoms with Crippen LogP contribution >= 0.6 is 0 Å². The molecular weight excluding hydrogens is 380 g/mol. The molecule has 156 valence electrons. The van der Waals surface area contributed by atoms with Crippen LogP contribution in [0.25, 0.3) is 0 Å². The monoisotopic (exact) mass is 406 g/mol. The number of carbonyl (C=O) groups excluding carboxylic acids is 3. The summed E-state index contributed by atoms with van der Waals surface area (Å²) in [6.07, 6.45) is 4.77. The third-order valence-electron chi connectivity index (χ3n) is 5.93. The molecule has 1 aromatic heterocycles. The van der Waals surface area contributed by atoms with Gasteiger partial charge in [-0.2, -0.15) is 0 Å². The van der Waals surface area contributed by atoms with E-state index in [9.17, 15) is 14.4 Å². The van der Waals surface area contributed by atoms with Gasteiger partial charge in [-0.15, -0.1) is 0 Å². The van der Waals surface area contributed by atoms with Crippen molar-refractivity contribution in [3.05, 3.63) is 54.4 Å². The summed E-state index contributed by atoms with van der Waals surface area (Å²) in [5.74, 6) is -0.466. The number of amides is 3. The summed E-state index contributed by atoms with van der Waals surface area (Å²) in [6.45, 7) is 3.50. The van der Waals surface area contributed by atoms with Crippen molar-refractivity contribution in [3.8, 4) is 0 Å². The van der Waals surface area contributed by atoms with E-state index in [1.54, 1.807) is 29.4 Å². The van der Waals surface area contributed by atoms with E-state index in [1.165, 1.54) is 0 Å². The Hall–Kier alpha value is -3.22. The summed E-state index contributed by atoms with van der Waals surface area (Å²) in [7, 11) is 0. The van der Waals surface area contributed by atoms with Crippen molar-refractivity contribution in [2.24, 2.45) is 11.8 Å². The van der Waals surface area contributed by atoms with Crippen molar-refractivity contribution in [1.82, 2.24) is 9.88 Å². The Balaban J connectivity index is 1.30. The summed E-state index contributed by atoms with van der Waals surface area (Å²) in [6, 6.07) is 11.4. The van der Waals surface area contributed by atoms with Crippen LogP contribution in [-0.2, 0) is 14.4 Å². The number of hydrogen-bond donors (Lipinski definition) is 1. The summed E-state index contributed by atoms with van der Waals surface area (Å²) in [5, 5.41) is 2.89. The number of anilines is 2. The molecule has 2 aliphatic rings. The van der Waals surface area contributed by atoms with Gasteiger partial charge < -0.3 is 15.1 Å². The number of pyridine rings is 1. The Morgan fingerprint density at radius 1 is 1.07 bits per heavy atom. The third-order valence-corrected chi connectivity index (χ3v) is 5.93. The van der Waals surface area contributed by atoms with Crippen LogP contribution in [0.1, 0.15) is 24.8 Å². The second-order valence-electron chi connectivity index (χ2n) is 8.07. The number of rotatable bonds is 4. The number of aromatic nitrogens is 1. The molecule has 30 heavy (non-hydrogen) atoms. The highest BCUT2D eigenvalue weighted by Crippen LogP contribution is 2.28. The fourth-order valence-corrected chi connectivity index (χ4v) is 4.15. The zero-order chi connectivity index (χ0) is 21.1. The Morgan fingerprint density at radius 3 is 2.47 bits per heavy atom.